The van der Waals surface area contributed by atoms with Crippen LogP contribution >= 0.6 is 0 Å². The molecule has 0 aromatic rings. The first-order valence-electron chi connectivity index (χ1n) is 6.16. The summed E-state index contributed by atoms with van der Waals surface area (Å²) >= 11 is 0. The monoisotopic (exact) mass is 210 g/mol. The second-order valence-electron chi connectivity index (χ2n) is 5.53. The van der Waals surface area contributed by atoms with Crippen molar-refractivity contribution >= 4 is 0 Å². The van der Waals surface area contributed by atoms with Gasteiger partial charge in [0.2, 0.25) is 0 Å². The predicted molar refractivity (Wildman–Crippen MR) is 66.9 cm³/mol. The molecule has 0 saturated heterocycles. The van der Waals surface area contributed by atoms with E-state index >= 15 is 0 Å². The Morgan fingerprint density at radius 2 is 2.07 bits per heavy atom. The minimum atomic E-state index is 0.364. The van der Waals surface area contributed by atoms with Crippen LogP contribution in [0.5, 0.6) is 0 Å². The van der Waals surface area contributed by atoms with Crippen LogP contribution in [0.25, 0.3) is 0 Å². The molecule has 0 atom stereocenters. The number of unbranched alkanes of at least 4 members (excludes halogenated alkanes) is 1. The highest BCUT2D eigenvalue weighted by molar-refractivity contribution is 5.14. The molecule has 1 aliphatic rings. The van der Waals surface area contributed by atoms with Gasteiger partial charge in [0.05, 0.1) is 0 Å². The van der Waals surface area contributed by atoms with Crippen molar-refractivity contribution in [2.24, 2.45) is 11.1 Å². The van der Waals surface area contributed by atoms with Gasteiger partial charge < -0.3 is 5.73 Å². The molecule has 1 aliphatic heterocycles. The lowest BCUT2D eigenvalue weighted by Gasteiger charge is -2.32. The summed E-state index contributed by atoms with van der Waals surface area (Å²) < 4.78 is 0. The molecular formula is C13H26N2. The van der Waals surface area contributed by atoms with E-state index in [1.54, 1.807) is 5.57 Å². The van der Waals surface area contributed by atoms with E-state index in [1.807, 2.05) is 0 Å². The van der Waals surface area contributed by atoms with Crippen molar-refractivity contribution in [3.63, 3.8) is 0 Å². The Hall–Kier alpha value is -0.340. The minimum Gasteiger partial charge on any atom is -0.330 e. The van der Waals surface area contributed by atoms with Crippen molar-refractivity contribution in [1.82, 2.24) is 4.90 Å². The first-order valence-corrected chi connectivity index (χ1v) is 6.16. The summed E-state index contributed by atoms with van der Waals surface area (Å²) in [7, 11) is 0. The summed E-state index contributed by atoms with van der Waals surface area (Å²) in [6.45, 7) is 11.3. The fraction of sp³-hybridized carbons (Fsp3) is 0.846. The highest BCUT2D eigenvalue weighted by atomic mass is 15.1. The summed E-state index contributed by atoms with van der Waals surface area (Å²) in [6.07, 6.45) is 6.07. The van der Waals surface area contributed by atoms with Crippen LogP contribution in [0.4, 0.5) is 0 Å². The third kappa shape index (κ3) is 4.35. The fourth-order valence-electron chi connectivity index (χ4n) is 2.08. The summed E-state index contributed by atoms with van der Waals surface area (Å²) in [5.74, 6) is 0. The number of hydrogen-bond donors (Lipinski definition) is 1. The minimum absolute atomic E-state index is 0.364. The molecule has 0 aliphatic carbocycles. The predicted octanol–water partition coefficient (Wildman–Crippen LogP) is 2.40. The van der Waals surface area contributed by atoms with Crippen LogP contribution in [-0.2, 0) is 0 Å². The third-order valence-corrected chi connectivity index (χ3v) is 3.19. The lowest BCUT2D eigenvalue weighted by atomic mass is 9.83. The van der Waals surface area contributed by atoms with Gasteiger partial charge in [-0.1, -0.05) is 32.4 Å². The quantitative estimate of drug-likeness (QED) is 0.570. The second kappa shape index (κ2) is 5.66. The van der Waals surface area contributed by atoms with Crippen molar-refractivity contribution in [3.05, 3.63) is 11.6 Å². The van der Waals surface area contributed by atoms with Crippen LogP contribution in [0.1, 0.15) is 40.0 Å². The number of rotatable bonds is 4. The maximum Gasteiger partial charge on any atom is 0.0166 e. The van der Waals surface area contributed by atoms with E-state index in [4.69, 9.17) is 5.73 Å². The summed E-state index contributed by atoms with van der Waals surface area (Å²) in [5.41, 5.74) is 7.48. The SMILES string of the molecule is CC(C)(C)C1=CCN(CCCCN)CC1. The third-order valence-electron chi connectivity index (χ3n) is 3.19. The van der Waals surface area contributed by atoms with E-state index in [9.17, 15) is 0 Å². The highest BCUT2D eigenvalue weighted by Crippen LogP contribution is 2.29. The second-order valence-corrected chi connectivity index (χ2v) is 5.53. The molecule has 0 unspecified atom stereocenters. The maximum absolute atomic E-state index is 5.49. The molecule has 0 aromatic heterocycles. The summed E-state index contributed by atoms with van der Waals surface area (Å²) in [4.78, 5) is 2.53. The first kappa shape index (κ1) is 12.7. The molecule has 1 heterocycles. The van der Waals surface area contributed by atoms with Gasteiger partial charge in [0.15, 0.2) is 0 Å². The first-order chi connectivity index (χ1) is 7.04. The Labute approximate surface area is 94.5 Å². The van der Waals surface area contributed by atoms with Gasteiger partial charge >= 0.3 is 0 Å². The molecule has 0 aromatic carbocycles. The van der Waals surface area contributed by atoms with Crippen molar-refractivity contribution < 1.29 is 0 Å². The number of nitrogens with two attached hydrogens (primary N) is 1. The number of nitrogens with zero attached hydrogens (tertiary/aromatic N) is 1. The van der Waals surface area contributed by atoms with E-state index < -0.39 is 0 Å². The summed E-state index contributed by atoms with van der Waals surface area (Å²) in [6, 6.07) is 0. The fourth-order valence-corrected chi connectivity index (χ4v) is 2.08. The Kier molecular flexibility index (Phi) is 4.81. The average molecular weight is 210 g/mol. The molecule has 0 amide bonds. The van der Waals surface area contributed by atoms with Crippen LogP contribution in [0.3, 0.4) is 0 Å². The standard InChI is InChI=1S/C13H26N2/c1-13(2,3)12-6-10-15(11-7-12)9-5-4-8-14/h6H,4-5,7-11,14H2,1-3H3. The largest absolute Gasteiger partial charge is 0.330 e. The lowest BCUT2D eigenvalue weighted by Crippen LogP contribution is -2.32. The van der Waals surface area contributed by atoms with Gasteiger partial charge in [-0.05, 0) is 37.8 Å². The zero-order chi connectivity index (χ0) is 11.3. The normalized spacial score (nSPS) is 19.1. The van der Waals surface area contributed by atoms with Gasteiger partial charge in [-0.15, -0.1) is 0 Å². The Balaban J connectivity index is 2.31. The smallest absolute Gasteiger partial charge is 0.0166 e. The Morgan fingerprint density at radius 3 is 2.53 bits per heavy atom. The van der Waals surface area contributed by atoms with Gasteiger partial charge in [0.25, 0.3) is 0 Å². The van der Waals surface area contributed by atoms with E-state index in [-0.39, 0.29) is 0 Å². The lowest BCUT2D eigenvalue weighted by molar-refractivity contribution is 0.274. The van der Waals surface area contributed by atoms with Crippen molar-refractivity contribution in [3.8, 4) is 0 Å². The van der Waals surface area contributed by atoms with Gasteiger partial charge in [0, 0.05) is 13.1 Å². The molecule has 0 spiro atoms. The molecule has 88 valence electrons. The molecule has 2 N–H and O–H groups in total. The van der Waals surface area contributed by atoms with Crippen LogP contribution in [0, 0.1) is 5.41 Å². The van der Waals surface area contributed by atoms with Crippen LogP contribution in [-0.4, -0.2) is 31.1 Å². The van der Waals surface area contributed by atoms with E-state index in [1.165, 1.54) is 25.9 Å². The van der Waals surface area contributed by atoms with Crippen molar-refractivity contribution in [1.29, 1.82) is 0 Å². The topological polar surface area (TPSA) is 29.3 Å². The zero-order valence-corrected chi connectivity index (χ0v) is 10.6. The van der Waals surface area contributed by atoms with E-state index in [0.29, 0.717) is 5.41 Å². The van der Waals surface area contributed by atoms with Gasteiger partial charge in [-0.3, -0.25) is 4.90 Å². The van der Waals surface area contributed by atoms with E-state index in [2.05, 4.69) is 31.7 Å². The van der Waals surface area contributed by atoms with Gasteiger partial charge in [0.1, 0.15) is 0 Å². The zero-order valence-electron chi connectivity index (χ0n) is 10.6. The summed E-state index contributed by atoms with van der Waals surface area (Å²) in [5, 5.41) is 0. The van der Waals surface area contributed by atoms with Crippen LogP contribution < -0.4 is 5.73 Å². The molecule has 2 nitrogen and oxygen atoms in total. The molecule has 15 heavy (non-hydrogen) atoms. The van der Waals surface area contributed by atoms with E-state index in [0.717, 1.165) is 19.5 Å². The van der Waals surface area contributed by atoms with Gasteiger partial charge in [-0.2, -0.15) is 0 Å². The number of hydrogen-bond acceptors (Lipinski definition) is 2. The molecule has 0 radical (unpaired) electrons. The molecule has 2 heteroatoms. The Morgan fingerprint density at radius 1 is 1.33 bits per heavy atom. The molecule has 0 fully saturated rings. The van der Waals surface area contributed by atoms with Gasteiger partial charge in [-0.25, -0.2) is 0 Å². The maximum atomic E-state index is 5.49. The highest BCUT2D eigenvalue weighted by Gasteiger charge is 2.20. The molecule has 1 rings (SSSR count). The van der Waals surface area contributed by atoms with Crippen LogP contribution in [0.15, 0.2) is 11.6 Å². The van der Waals surface area contributed by atoms with Crippen LogP contribution in [0.2, 0.25) is 0 Å². The van der Waals surface area contributed by atoms with Crippen molar-refractivity contribution in [2.75, 3.05) is 26.2 Å². The van der Waals surface area contributed by atoms with Crippen molar-refractivity contribution in [2.45, 2.75) is 40.0 Å². The molecule has 0 bridgehead atoms. The Bertz CT molecular complexity index is 213. The average Bonchev–Trinajstić information content (AvgIpc) is 2.18. The molecule has 0 saturated carbocycles. The molecular weight excluding hydrogens is 184 g/mol.